The monoisotopic (exact) mass is 460 g/mol. The number of hydrogen-bond acceptors (Lipinski definition) is 5. The normalized spacial score (nSPS) is 11.9. The van der Waals surface area contributed by atoms with Crippen molar-refractivity contribution in [1.29, 1.82) is 0 Å². The summed E-state index contributed by atoms with van der Waals surface area (Å²) in [5, 5.41) is 12.0. The SMILES string of the molecule is Cc1cc(Br)ccc1NC(=O)CSc1nnc([C@@H](C)Oc2ccccc2)n1C. The first-order valence-electron chi connectivity index (χ1n) is 8.74. The number of halogens is 1. The highest BCUT2D eigenvalue weighted by atomic mass is 79.9. The van der Waals surface area contributed by atoms with Gasteiger partial charge in [0.1, 0.15) is 5.75 Å². The van der Waals surface area contributed by atoms with E-state index in [2.05, 4.69) is 31.4 Å². The number of benzene rings is 2. The minimum absolute atomic E-state index is 0.0893. The Labute approximate surface area is 176 Å². The summed E-state index contributed by atoms with van der Waals surface area (Å²) < 4.78 is 8.75. The number of para-hydroxylation sites is 1. The Morgan fingerprint density at radius 1 is 1.25 bits per heavy atom. The number of anilines is 1. The highest BCUT2D eigenvalue weighted by Gasteiger charge is 2.18. The largest absolute Gasteiger partial charge is 0.483 e. The van der Waals surface area contributed by atoms with Gasteiger partial charge in [0.25, 0.3) is 0 Å². The summed E-state index contributed by atoms with van der Waals surface area (Å²) >= 11 is 4.76. The Morgan fingerprint density at radius 3 is 2.71 bits per heavy atom. The second-order valence-corrected chi connectivity index (χ2v) is 8.13. The predicted molar refractivity (Wildman–Crippen MR) is 115 cm³/mol. The fraction of sp³-hybridized carbons (Fsp3) is 0.250. The molecule has 28 heavy (non-hydrogen) atoms. The molecule has 8 heteroatoms. The summed E-state index contributed by atoms with van der Waals surface area (Å²) in [6, 6.07) is 15.3. The zero-order valence-corrected chi connectivity index (χ0v) is 18.3. The van der Waals surface area contributed by atoms with Crippen molar-refractivity contribution in [2.75, 3.05) is 11.1 Å². The molecule has 146 valence electrons. The Hall–Kier alpha value is -2.32. The van der Waals surface area contributed by atoms with Crippen molar-refractivity contribution in [2.24, 2.45) is 7.05 Å². The maximum Gasteiger partial charge on any atom is 0.234 e. The van der Waals surface area contributed by atoms with Crippen molar-refractivity contribution in [3.63, 3.8) is 0 Å². The quantitative estimate of drug-likeness (QED) is 0.514. The molecule has 0 radical (unpaired) electrons. The van der Waals surface area contributed by atoms with Crippen LogP contribution in [0.5, 0.6) is 5.75 Å². The molecular formula is C20H21BrN4O2S. The van der Waals surface area contributed by atoms with Crippen LogP contribution in [-0.2, 0) is 11.8 Å². The van der Waals surface area contributed by atoms with Crippen LogP contribution in [0.15, 0.2) is 58.2 Å². The number of carbonyl (C=O) groups excluding carboxylic acids is 1. The van der Waals surface area contributed by atoms with E-state index in [-0.39, 0.29) is 17.8 Å². The summed E-state index contributed by atoms with van der Waals surface area (Å²) in [7, 11) is 1.87. The highest BCUT2D eigenvalue weighted by Crippen LogP contribution is 2.24. The van der Waals surface area contributed by atoms with Gasteiger partial charge in [0.05, 0.1) is 5.75 Å². The molecule has 0 spiro atoms. The summed E-state index contributed by atoms with van der Waals surface area (Å²) in [6.07, 6.45) is -0.256. The molecule has 2 aromatic carbocycles. The number of amides is 1. The molecule has 3 rings (SSSR count). The van der Waals surface area contributed by atoms with Gasteiger partial charge in [0.15, 0.2) is 17.1 Å². The molecule has 0 aliphatic rings. The fourth-order valence-corrected chi connectivity index (χ4v) is 3.84. The van der Waals surface area contributed by atoms with Gasteiger partial charge in [-0.3, -0.25) is 4.79 Å². The Balaban J connectivity index is 1.58. The smallest absolute Gasteiger partial charge is 0.234 e. The number of ether oxygens (including phenoxy) is 1. The second-order valence-electron chi connectivity index (χ2n) is 6.27. The minimum atomic E-state index is -0.256. The molecule has 0 bridgehead atoms. The van der Waals surface area contributed by atoms with Crippen molar-refractivity contribution in [3.05, 3.63) is 64.4 Å². The zero-order valence-electron chi connectivity index (χ0n) is 15.8. The van der Waals surface area contributed by atoms with Gasteiger partial charge in [-0.1, -0.05) is 45.9 Å². The third-order valence-electron chi connectivity index (χ3n) is 4.08. The second kappa shape index (κ2) is 9.25. The van der Waals surface area contributed by atoms with Crippen molar-refractivity contribution < 1.29 is 9.53 Å². The molecule has 3 aromatic rings. The average Bonchev–Trinajstić information content (AvgIpc) is 3.04. The van der Waals surface area contributed by atoms with Gasteiger partial charge in [-0.15, -0.1) is 10.2 Å². The minimum Gasteiger partial charge on any atom is -0.483 e. The molecule has 0 aliphatic heterocycles. The number of nitrogens with one attached hydrogen (secondary N) is 1. The van der Waals surface area contributed by atoms with E-state index in [0.29, 0.717) is 11.0 Å². The molecule has 0 unspecified atom stereocenters. The molecule has 1 atom stereocenters. The van der Waals surface area contributed by atoms with E-state index in [1.165, 1.54) is 11.8 Å². The first kappa shape index (κ1) is 20.4. The standard InChI is InChI=1S/C20H21BrN4O2S/c1-13-11-15(21)9-10-17(13)22-18(26)12-28-20-24-23-19(25(20)3)14(2)27-16-7-5-4-6-8-16/h4-11,14H,12H2,1-3H3,(H,22,26)/t14-/m1/s1. The van der Waals surface area contributed by atoms with Gasteiger partial charge < -0.3 is 14.6 Å². The molecule has 1 amide bonds. The van der Waals surface area contributed by atoms with Gasteiger partial charge in [0.2, 0.25) is 5.91 Å². The molecule has 0 saturated carbocycles. The average molecular weight is 461 g/mol. The molecule has 1 aromatic heterocycles. The topological polar surface area (TPSA) is 69.0 Å². The number of aryl methyl sites for hydroxylation is 1. The lowest BCUT2D eigenvalue weighted by molar-refractivity contribution is -0.113. The van der Waals surface area contributed by atoms with Crippen LogP contribution in [0.3, 0.4) is 0 Å². The van der Waals surface area contributed by atoms with Crippen LogP contribution in [0.4, 0.5) is 5.69 Å². The van der Waals surface area contributed by atoms with Crippen LogP contribution in [-0.4, -0.2) is 26.4 Å². The van der Waals surface area contributed by atoms with Crippen molar-refractivity contribution in [1.82, 2.24) is 14.8 Å². The predicted octanol–water partition coefficient (Wildman–Crippen LogP) is 4.76. The lowest BCUT2D eigenvalue weighted by Gasteiger charge is -2.14. The van der Waals surface area contributed by atoms with E-state index < -0.39 is 0 Å². The number of rotatable bonds is 7. The molecule has 1 heterocycles. The van der Waals surface area contributed by atoms with Gasteiger partial charge >= 0.3 is 0 Å². The van der Waals surface area contributed by atoms with Gasteiger partial charge in [-0.25, -0.2) is 0 Å². The first-order valence-corrected chi connectivity index (χ1v) is 10.5. The van der Waals surface area contributed by atoms with Crippen LogP contribution in [0.25, 0.3) is 0 Å². The van der Waals surface area contributed by atoms with Crippen LogP contribution >= 0.6 is 27.7 Å². The maximum atomic E-state index is 12.3. The summed E-state index contributed by atoms with van der Waals surface area (Å²) in [5.41, 5.74) is 1.80. The first-order chi connectivity index (χ1) is 13.4. The third kappa shape index (κ3) is 5.14. The van der Waals surface area contributed by atoms with E-state index in [1.54, 1.807) is 0 Å². The van der Waals surface area contributed by atoms with E-state index in [0.717, 1.165) is 21.5 Å². The molecule has 0 aliphatic carbocycles. The van der Waals surface area contributed by atoms with Crippen LogP contribution in [0.2, 0.25) is 0 Å². The Kier molecular flexibility index (Phi) is 6.74. The number of nitrogens with zero attached hydrogens (tertiary/aromatic N) is 3. The van der Waals surface area contributed by atoms with Crippen LogP contribution in [0.1, 0.15) is 24.4 Å². The number of carbonyl (C=O) groups is 1. The summed E-state index contributed by atoms with van der Waals surface area (Å²) in [5.74, 6) is 1.63. The van der Waals surface area contributed by atoms with E-state index in [4.69, 9.17) is 4.74 Å². The molecule has 0 saturated heterocycles. The lowest BCUT2D eigenvalue weighted by Crippen LogP contribution is -2.15. The third-order valence-corrected chi connectivity index (χ3v) is 5.60. The molecule has 1 N–H and O–H groups in total. The van der Waals surface area contributed by atoms with E-state index in [1.807, 2.05) is 74.0 Å². The zero-order chi connectivity index (χ0) is 20.1. The van der Waals surface area contributed by atoms with Crippen LogP contribution in [0, 0.1) is 6.92 Å². The van der Waals surface area contributed by atoms with Gasteiger partial charge in [-0.2, -0.15) is 0 Å². The lowest BCUT2D eigenvalue weighted by atomic mass is 10.2. The highest BCUT2D eigenvalue weighted by molar-refractivity contribution is 9.10. The van der Waals surface area contributed by atoms with E-state index >= 15 is 0 Å². The molecular weight excluding hydrogens is 440 g/mol. The summed E-state index contributed by atoms with van der Waals surface area (Å²) in [4.78, 5) is 12.3. The summed E-state index contributed by atoms with van der Waals surface area (Å²) in [6.45, 7) is 3.88. The number of aromatic nitrogens is 3. The molecule has 0 fully saturated rings. The Morgan fingerprint density at radius 2 is 2.00 bits per heavy atom. The Bertz CT molecular complexity index is 962. The fourth-order valence-electron chi connectivity index (χ4n) is 2.65. The number of thioether (sulfide) groups is 1. The maximum absolute atomic E-state index is 12.3. The van der Waals surface area contributed by atoms with Crippen molar-refractivity contribution >= 4 is 39.3 Å². The number of hydrogen-bond donors (Lipinski definition) is 1. The van der Waals surface area contributed by atoms with Gasteiger partial charge in [0, 0.05) is 17.2 Å². The van der Waals surface area contributed by atoms with Gasteiger partial charge in [-0.05, 0) is 49.7 Å². The van der Waals surface area contributed by atoms with Crippen LogP contribution < -0.4 is 10.1 Å². The van der Waals surface area contributed by atoms with Crippen molar-refractivity contribution in [2.45, 2.75) is 25.1 Å². The van der Waals surface area contributed by atoms with E-state index in [9.17, 15) is 4.79 Å². The molecule has 6 nitrogen and oxygen atoms in total. The van der Waals surface area contributed by atoms with Crippen molar-refractivity contribution in [3.8, 4) is 5.75 Å².